The molecule has 1 aromatic carbocycles. The highest BCUT2D eigenvalue weighted by Gasteiger charge is 2.34. The summed E-state index contributed by atoms with van der Waals surface area (Å²) in [4.78, 5) is 23.9. The highest BCUT2D eigenvalue weighted by molar-refractivity contribution is 5.79. The largest absolute Gasteiger partial charge is 0.509 e. The Morgan fingerprint density at radius 3 is 2.69 bits per heavy atom. The molecule has 1 amide bonds. The minimum absolute atomic E-state index is 0.0339. The number of benzene rings is 1. The number of amides is 1. The zero-order chi connectivity index (χ0) is 25.2. The van der Waals surface area contributed by atoms with E-state index in [1.807, 2.05) is 58.0 Å². The van der Waals surface area contributed by atoms with Crippen LogP contribution in [0.15, 0.2) is 36.5 Å². The van der Waals surface area contributed by atoms with Crippen LogP contribution in [-0.2, 0) is 25.6 Å². The van der Waals surface area contributed by atoms with Crippen LogP contribution in [0.4, 0.5) is 4.79 Å². The molecule has 188 valence electrons. The number of carbonyl (C=O) groups excluding carboxylic acids is 2. The van der Waals surface area contributed by atoms with E-state index in [9.17, 15) is 9.59 Å². The molecule has 0 radical (unpaired) electrons. The molecule has 0 unspecified atom stereocenters. The molecule has 0 aliphatic carbocycles. The third-order valence-corrected chi connectivity index (χ3v) is 5.79. The minimum Gasteiger partial charge on any atom is -0.429 e. The van der Waals surface area contributed by atoms with Crippen LogP contribution in [0.25, 0.3) is 0 Å². The number of rotatable bonds is 9. The average molecular weight is 483 g/mol. The first-order valence-electron chi connectivity index (χ1n) is 12.0. The van der Waals surface area contributed by atoms with Gasteiger partial charge in [0, 0.05) is 6.04 Å². The van der Waals surface area contributed by atoms with Gasteiger partial charge in [0.1, 0.15) is 6.61 Å². The van der Waals surface area contributed by atoms with Crippen LogP contribution < -0.4 is 5.32 Å². The maximum atomic E-state index is 12.3. The van der Waals surface area contributed by atoms with Gasteiger partial charge in [-0.05, 0) is 51.5 Å². The Kier molecular flexibility index (Phi) is 9.67. The molecule has 1 fully saturated rings. The quantitative estimate of drug-likeness (QED) is 0.430. The normalized spacial score (nSPS) is 18.9. The van der Waals surface area contributed by atoms with E-state index < -0.39 is 6.16 Å². The van der Waals surface area contributed by atoms with Gasteiger partial charge in [0.25, 0.3) is 0 Å². The van der Waals surface area contributed by atoms with E-state index in [4.69, 9.17) is 14.2 Å². The summed E-state index contributed by atoms with van der Waals surface area (Å²) in [6.45, 7) is 7.92. The summed E-state index contributed by atoms with van der Waals surface area (Å²) in [5.41, 5.74) is 1.37. The lowest BCUT2D eigenvalue weighted by Gasteiger charge is -2.22. The van der Waals surface area contributed by atoms with Crippen molar-refractivity contribution in [2.45, 2.75) is 77.9 Å². The van der Waals surface area contributed by atoms with Crippen molar-refractivity contribution >= 4 is 12.1 Å². The van der Waals surface area contributed by atoms with E-state index in [1.54, 1.807) is 10.9 Å². The molecule has 1 aromatic heterocycles. The van der Waals surface area contributed by atoms with Crippen molar-refractivity contribution in [3.63, 3.8) is 0 Å². The number of ether oxygens (including phenoxy) is 3. The van der Waals surface area contributed by atoms with Gasteiger partial charge in [-0.2, -0.15) is 0 Å². The maximum Gasteiger partial charge on any atom is 0.509 e. The Morgan fingerprint density at radius 1 is 1.17 bits per heavy atom. The number of nitrogens with zero attached hydrogens (tertiary/aromatic N) is 3. The fraction of sp³-hybridized carbons (Fsp3) is 0.538. The van der Waals surface area contributed by atoms with Crippen LogP contribution in [0.1, 0.15) is 64.3 Å². The summed E-state index contributed by atoms with van der Waals surface area (Å²) < 4.78 is 17.9. The van der Waals surface area contributed by atoms with Gasteiger partial charge in [0.05, 0.1) is 30.4 Å². The molecule has 1 aliphatic rings. The summed E-state index contributed by atoms with van der Waals surface area (Å²) >= 11 is 0. The van der Waals surface area contributed by atoms with Crippen LogP contribution in [0.2, 0.25) is 0 Å². The van der Waals surface area contributed by atoms with E-state index in [1.165, 1.54) is 0 Å². The van der Waals surface area contributed by atoms with Gasteiger partial charge < -0.3 is 19.5 Å². The summed E-state index contributed by atoms with van der Waals surface area (Å²) in [6.07, 6.45) is 3.53. The van der Waals surface area contributed by atoms with Crippen LogP contribution in [0, 0.1) is 17.8 Å². The average Bonchev–Trinajstić information content (AvgIpc) is 3.50. The van der Waals surface area contributed by atoms with Crippen molar-refractivity contribution in [3.05, 3.63) is 47.8 Å². The van der Waals surface area contributed by atoms with E-state index in [-0.39, 0.29) is 49.3 Å². The Bertz CT molecular complexity index is 1030. The molecule has 35 heavy (non-hydrogen) atoms. The molecule has 1 aliphatic heterocycles. The number of carbonyl (C=O) groups is 2. The molecule has 3 rings (SSSR count). The number of aromatic nitrogens is 3. The van der Waals surface area contributed by atoms with Gasteiger partial charge in [0.15, 0.2) is 12.3 Å². The molecule has 0 bridgehead atoms. The molecular formula is C26H34N4O5. The molecule has 0 spiro atoms. The maximum absolute atomic E-state index is 12.3. The van der Waals surface area contributed by atoms with Gasteiger partial charge in [-0.15, -0.1) is 5.10 Å². The Labute approximate surface area is 206 Å². The second-order valence-electron chi connectivity index (χ2n) is 9.11. The number of nitrogens with one attached hydrogen (secondary N) is 1. The van der Waals surface area contributed by atoms with Crippen LogP contribution >= 0.6 is 0 Å². The van der Waals surface area contributed by atoms with Gasteiger partial charge in [-0.3, -0.25) is 4.79 Å². The summed E-state index contributed by atoms with van der Waals surface area (Å²) in [5.74, 6) is 5.44. The topological polar surface area (TPSA) is 105 Å². The fourth-order valence-corrected chi connectivity index (χ4v) is 3.88. The predicted octanol–water partition coefficient (Wildman–Crippen LogP) is 3.64. The highest BCUT2D eigenvalue weighted by Crippen LogP contribution is 2.30. The highest BCUT2D eigenvalue weighted by atomic mass is 16.7. The standard InChI is InChI=1S/C26H34N4O5/c1-18(2)27-25(31)20(4)24-13-12-23(35-24)15-19(3)30-16-22(28-29-30)11-8-14-33-26(32)34-17-21-9-6-5-7-10-21/h5-7,9-10,16,18-20,23-24H,12-15,17H2,1-4H3,(H,27,31)/t19-,20-,23+,24-/m1/s1. The first-order valence-corrected chi connectivity index (χ1v) is 12.0. The third kappa shape index (κ3) is 8.41. The zero-order valence-electron chi connectivity index (χ0n) is 20.8. The Balaban J connectivity index is 1.39. The van der Waals surface area contributed by atoms with E-state index >= 15 is 0 Å². The minimum atomic E-state index is -0.772. The number of hydrogen-bond acceptors (Lipinski definition) is 7. The van der Waals surface area contributed by atoms with Crippen molar-refractivity contribution < 1.29 is 23.8 Å². The first-order chi connectivity index (χ1) is 16.8. The van der Waals surface area contributed by atoms with Crippen molar-refractivity contribution in [1.82, 2.24) is 20.3 Å². The van der Waals surface area contributed by atoms with E-state index in [0.29, 0.717) is 5.69 Å². The first kappa shape index (κ1) is 26.2. The second kappa shape index (κ2) is 12.9. The molecule has 9 nitrogen and oxygen atoms in total. The monoisotopic (exact) mass is 482 g/mol. The van der Waals surface area contributed by atoms with Crippen LogP contribution in [-0.4, -0.2) is 51.9 Å². The smallest absolute Gasteiger partial charge is 0.429 e. The molecule has 1 saturated heterocycles. The summed E-state index contributed by atoms with van der Waals surface area (Å²) in [6, 6.07) is 9.54. The van der Waals surface area contributed by atoms with Crippen molar-refractivity contribution in [2.24, 2.45) is 5.92 Å². The fourth-order valence-electron chi connectivity index (χ4n) is 3.88. The predicted molar refractivity (Wildman–Crippen MR) is 129 cm³/mol. The van der Waals surface area contributed by atoms with Crippen molar-refractivity contribution in [3.8, 4) is 11.8 Å². The molecule has 2 aromatic rings. The van der Waals surface area contributed by atoms with Crippen molar-refractivity contribution in [1.29, 1.82) is 0 Å². The Morgan fingerprint density at radius 2 is 1.94 bits per heavy atom. The number of hydrogen-bond donors (Lipinski definition) is 1. The lowest BCUT2D eigenvalue weighted by Crippen LogP contribution is -2.39. The SMILES string of the molecule is CC(C)NC(=O)[C@H](C)[C@H]1CC[C@@H](C[C@@H](C)n2cc(C#CCOC(=O)OCc3ccccc3)nn2)O1. The summed E-state index contributed by atoms with van der Waals surface area (Å²) in [7, 11) is 0. The Hall–Kier alpha value is -3.38. The second-order valence-corrected chi connectivity index (χ2v) is 9.11. The van der Waals surface area contributed by atoms with E-state index in [0.717, 1.165) is 24.8 Å². The molecule has 0 saturated carbocycles. The van der Waals surface area contributed by atoms with Gasteiger partial charge in [-0.25, -0.2) is 9.48 Å². The lowest BCUT2D eigenvalue weighted by atomic mass is 10.00. The summed E-state index contributed by atoms with van der Waals surface area (Å²) in [5, 5.41) is 11.2. The van der Waals surface area contributed by atoms with Crippen molar-refractivity contribution in [2.75, 3.05) is 6.61 Å². The molecule has 1 N–H and O–H groups in total. The van der Waals surface area contributed by atoms with Gasteiger partial charge in [-0.1, -0.05) is 48.4 Å². The van der Waals surface area contributed by atoms with Gasteiger partial charge in [0.2, 0.25) is 5.91 Å². The van der Waals surface area contributed by atoms with Crippen LogP contribution in [0.3, 0.4) is 0 Å². The zero-order valence-corrected chi connectivity index (χ0v) is 20.8. The molecule has 2 heterocycles. The van der Waals surface area contributed by atoms with Crippen LogP contribution in [0.5, 0.6) is 0 Å². The lowest BCUT2D eigenvalue weighted by molar-refractivity contribution is -0.129. The molecule has 4 atom stereocenters. The van der Waals surface area contributed by atoms with E-state index in [2.05, 4.69) is 27.5 Å². The molecular weight excluding hydrogens is 448 g/mol. The molecule has 9 heteroatoms. The third-order valence-electron chi connectivity index (χ3n) is 5.79. The van der Waals surface area contributed by atoms with Gasteiger partial charge >= 0.3 is 6.16 Å².